The predicted octanol–water partition coefficient (Wildman–Crippen LogP) is 4.65. The van der Waals surface area contributed by atoms with Crippen LogP contribution in [0.25, 0.3) is 0 Å². The Morgan fingerprint density at radius 2 is 1.67 bits per heavy atom. The van der Waals surface area contributed by atoms with Crippen LogP contribution in [0.3, 0.4) is 0 Å². The van der Waals surface area contributed by atoms with Gasteiger partial charge in [-0.3, -0.25) is 9.59 Å². The van der Waals surface area contributed by atoms with Crippen LogP contribution in [0, 0.1) is 0 Å². The average Bonchev–Trinajstić information content (AvgIpc) is 2.96. The lowest BCUT2D eigenvalue weighted by Crippen LogP contribution is -2.50. The number of hydrogen-bond acceptors (Lipinski definition) is 6. The Hall–Kier alpha value is -4.20. The smallest absolute Gasteiger partial charge is 0.254 e. The van der Waals surface area contributed by atoms with Crippen LogP contribution < -0.4 is 24.3 Å². The SMILES string of the molecule is CCOc1cc2c(cc1OCC)[C@H]1[C@H](C(=O)NCc3ccc(OC)cc3OC)c3ccccc3C(=O)N1CC2. The molecule has 2 amide bonds. The molecule has 8 nitrogen and oxygen atoms in total. The van der Waals surface area contributed by atoms with E-state index in [9.17, 15) is 9.59 Å². The molecule has 0 saturated heterocycles. The van der Waals surface area contributed by atoms with Crippen molar-refractivity contribution in [3.8, 4) is 23.0 Å². The van der Waals surface area contributed by atoms with Gasteiger partial charge in [-0.2, -0.15) is 0 Å². The molecule has 0 radical (unpaired) electrons. The summed E-state index contributed by atoms with van der Waals surface area (Å²) in [5.74, 6) is 1.78. The first-order valence-corrected chi connectivity index (χ1v) is 13.3. The van der Waals surface area contributed by atoms with Gasteiger partial charge in [-0.1, -0.05) is 18.2 Å². The molecule has 0 aliphatic carbocycles. The normalized spacial score (nSPS) is 17.4. The van der Waals surface area contributed by atoms with E-state index in [0.717, 1.165) is 22.3 Å². The van der Waals surface area contributed by atoms with Crippen molar-refractivity contribution >= 4 is 11.8 Å². The third-order valence-electron chi connectivity index (χ3n) is 7.41. The van der Waals surface area contributed by atoms with Crippen LogP contribution in [-0.4, -0.2) is 50.7 Å². The minimum Gasteiger partial charge on any atom is -0.497 e. The molecule has 204 valence electrons. The van der Waals surface area contributed by atoms with E-state index < -0.39 is 12.0 Å². The molecule has 2 aliphatic rings. The molecular formula is C31H34N2O6. The van der Waals surface area contributed by atoms with Gasteiger partial charge in [0.15, 0.2) is 11.5 Å². The highest BCUT2D eigenvalue weighted by Crippen LogP contribution is 2.48. The Morgan fingerprint density at radius 1 is 0.923 bits per heavy atom. The van der Waals surface area contributed by atoms with E-state index in [1.165, 1.54) is 0 Å². The lowest BCUT2D eigenvalue weighted by Gasteiger charge is -2.45. The second kappa shape index (κ2) is 11.3. The number of hydrogen-bond donors (Lipinski definition) is 1. The monoisotopic (exact) mass is 530 g/mol. The first kappa shape index (κ1) is 26.4. The zero-order valence-corrected chi connectivity index (χ0v) is 22.8. The fraction of sp³-hybridized carbons (Fsp3) is 0.355. The zero-order chi connectivity index (χ0) is 27.5. The number of methoxy groups -OCH3 is 2. The Labute approximate surface area is 228 Å². The topological polar surface area (TPSA) is 86.3 Å². The van der Waals surface area contributed by atoms with Crippen molar-refractivity contribution in [2.24, 2.45) is 0 Å². The average molecular weight is 531 g/mol. The van der Waals surface area contributed by atoms with Crippen LogP contribution >= 0.6 is 0 Å². The predicted molar refractivity (Wildman–Crippen MR) is 147 cm³/mol. The number of carbonyl (C=O) groups excluding carboxylic acids is 2. The summed E-state index contributed by atoms with van der Waals surface area (Å²) < 4.78 is 22.6. The molecule has 39 heavy (non-hydrogen) atoms. The molecule has 2 heterocycles. The highest BCUT2D eigenvalue weighted by atomic mass is 16.5. The Bertz CT molecular complexity index is 1390. The maximum atomic E-state index is 14.0. The van der Waals surface area contributed by atoms with Crippen LogP contribution in [0.4, 0.5) is 0 Å². The molecule has 0 saturated carbocycles. The van der Waals surface area contributed by atoms with Crippen molar-refractivity contribution in [2.75, 3.05) is 34.0 Å². The molecule has 0 unspecified atom stereocenters. The summed E-state index contributed by atoms with van der Waals surface area (Å²) >= 11 is 0. The number of amides is 2. The van der Waals surface area contributed by atoms with Gasteiger partial charge < -0.3 is 29.2 Å². The lowest BCUT2D eigenvalue weighted by atomic mass is 9.75. The van der Waals surface area contributed by atoms with Crippen LogP contribution in [0.15, 0.2) is 54.6 Å². The molecule has 0 bridgehead atoms. The second-order valence-electron chi connectivity index (χ2n) is 9.52. The highest BCUT2D eigenvalue weighted by Gasteiger charge is 2.46. The van der Waals surface area contributed by atoms with E-state index in [4.69, 9.17) is 18.9 Å². The maximum Gasteiger partial charge on any atom is 0.254 e. The number of fused-ring (bicyclic) bond motifs is 4. The second-order valence-corrected chi connectivity index (χ2v) is 9.52. The molecule has 2 aliphatic heterocycles. The quantitative estimate of drug-likeness (QED) is 0.433. The van der Waals surface area contributed by atoms with Crippen molar-refractivity contribution in [1.82, 2.24) is 10.2 Å². The van der Waals surface area contributed by atoms with E-state index in [0.29, 0.717) is 54.7 Å². The van der Waals surface area contributed by atoms with Crippen molar-refractivity contribution in [2.45, 2.75) is 38.8 Å². The minimum atomic E-state index is -0.602. The Balaban J connectivity index is 1.55. The molecule has 3 aromatic rings. The van der Waals surface area contributed by atoms with E-state index in [-0.39, 0.29) is 18.4 Å². The fourth-order valence-corrected chi connectivity index (χ4v) is 5.64. The number of carbonyl (C=O) groups is 2. The number of nitrogens with one attached hydrogen (secondary N) is 1. The van der Waals surface area contributed by atoms with Crippen molar-refractivity contribution in [3.05, 3.63) is 82.4 Å². The summed E-state index contributed by atoms with van der Waals surface area (Å²) in [6, 6.07) is 16.4. The minimum absolute atomic E-state index is 0.0611. The van der Waals surface area contributed by atoms with Gasteiger partial charge in [0.2, 0.25) is 5.91 Å². The third kappa shape index (κ3) is 4.87. The summed E-state index contributed by atoms with van der Waals surface area (Å²) in [6.45, 7) is 5.63. The molecule has 1 N–H and O–H groups in total. The summed E-state index contributed by atoms with van der Waals surface area (Å²) in [7, 11) is 3.19. The molecule has 3 aromatic carbocycles. The van der Waals surface area contributed by atoms with E-state index in [1.54, 1.807) is 26.4 Å². The van der Waals surface area contributed by atoms with Crippen molar-refractivity contribution < 1.29 is 28.5 Å². The van der Waals surface area contributed by atoms with E-state index in [1.807, 2.05) is 61.2 Å². The molecule has 2 atom stereocenters. The van der Waals surface area contributed by atoms with Gasteiger partial charge in [-0.15, -0.1) is 0 Å². The molecule has 0 fully saturated rings. The third-order valence-corrected chi connectivity index (χ3v) is 7.41. The van der Waals surface area contributed by atoms with Crippen molar-refractivity contribution in [1.29, 1.82) is 0 Å². The zero-order valence-electron chi connectivity index (χ0n) is 22.8. The van der Waals surface area contributed by atoms with Gasteiger partial charge in [-0.25, -0.2) is 0 Å². The van der Waals surface area contributed by atoms with E-state index >= 15 is 0 Å². The summed E-state index contributed by atoms with van der Waals surface area (Å²) in [5, 5.41) is 3.12. The summed E-state index contributed by atoms with van der Waals surface area (Å²) in [4.78, 5) is 29.5. The van der Waals surface area contributed by atoms with Gasteiger partial charge in [0.25, 0.3) is 5.91 Å². The number of rotatable bonds is 9. The van der Waals surface area contributed by atoms with Crippen molar-refractivity contribution in [3.63, 3.8) is 0 Å². The van der Waals surface area contributed by atoms with Crippen LogP contribution in [0.5, 0.6) is 23.0 Å². The summed E-state index contributed by atoms with van der Waals surface area (Å²) in [5.41, 5.74) is 4.09. The lowest BCUT2D eigenvalue weighted by molar-refractivity contribution is -0.124. The van der Waals surface area contributed by atoms with Gasteiger partial charge >= 0.3 is 0 Å². The number of benzene rings is 3. The molecular weight excluding hydrogens is 496 g/mol. The van der Waals surface area contributed by atoms with Gasteiger partial charge in [0, 0.05) is 30.3 Å². The van der Waals surface area contributed by atoms with Crippen LogP contribution in [-0.2, 0) is 17.8 Å². The largest absolute Gasteiger partial charge is 0.497 e. The maximum absolute atomic E-state index is 14.0. The number of ether oxygens (including phenoxy) is 4. The Kier molecular flexibility index (Phi) is 7.63. The van der Waals surface area contributed by atoms with Gasteiger partial charge in [0.1, 0.15) is 11.5 Å². The van der Waals surface area contributed by atoms with Crippen LogP contribution in [0.2, 0.25) is 0 Å². The summed E-state index contributed by atoms with van der Waals surface area (Å²) in [6.07, 6.45) is 0.670. The molecule has 0 spiro atoms. The number of nitrogens with zero attached hydrogens (tertiary/aromatic N) is 1. The highest BCUT2D eigenvalue weighted by molar-refractivity contribution is 6.01. The first-order chi connectivity index (χ1) is 19.0. The standard InChI is InChI=1S/C31H34N2O6/c1-5-38-26-15-19-13-14-33-29(24(19)17-27(26)39-6-2)28(22-9-7-8-10-23(22)31(33)35)30(34)32-18-20-11-12-21(36-3)16-25(20)37-4/h7-12,15-17,28-29H,5-6,13-14,18H2,1-4H3,(H,32,34)/t28-,29+/m1/s1. The molecule has 5 rings (SSSR count). The van der Waals surface area contributed by atoms with Crippen LogP contribution in [0.1, 0.15) is 58.4 Å². The Morgan fingerprint density at radius 3 is 2.38 bits per heavy atom. The fourth-order valence-electron chi connectivity index (χ4n) is 5.64. The molecule has 0 aromatic heterocycles. The van der Waals surface area contributed by atoms with Gasteiger partial charge in [0.05, 0.1) is 39.4 Å². The van der Waals surface area contributed by atoms with Gasteiger partial charge in [-0.05, 0) is 67.3 Å². The first-order valence-electron chi connectivity index (χ1n) is 13.3. The molecule has 8 heteroatoms. The van der Waals surface area contributed by atoms with E-state index in [2.05, 4.69) is 5.32 Å².